The minimum Gasteiger partial charge on any atom is -0.343 e. The maximum Gasteiger partial charge on any atom is 0.223 e. The minimum absolute atomic E-state index is 0.0688. The van der Waals surface area contributed by atoms with Crippen LogP contribution in [0.5, 0.6) is 0 Å². The third kappa shape index (κ3) is 6.64. The first-order valence-electron chi connectivity index (χ1n) is 13.3. The monoisotopic (exact) mass is 539 g/mol. The first-order chi connectivity index (χ1) is 19.0. The van der Waals surface area contributed by atoms with Crippen LogP contribution in [0, 0.1) is 5.82 Å². The van der Waals surface area contributed by atoms with Crippen molar-refractivity contribution in [2.45, 2.75) is 25.4 Å². The van der Waals surface area contributed by atoms with Crippen LogP contribution in [0.25, 0.3) is 10.9 Å². The highest BCUT2D eigenvalue weighted by molar-refractivity contribution is 7.08. The maximum absolute atomic E-state index is 14.0. The molecule has 0 saturated heterocycles. The van der Waals surface area contributed by atoms with E-state index in [1.54, 1.807) is 11.3 Å². The quantitative estimate of drug-likeness (QED) is 0.181. The molecular formula is C33H34FN3OS. The standard InChI is InChI=1S/C33H34FN3OS/c1-35(2)17-18-36(21-25-8-4-3-5-9-25)33(38)20-30(27-16-19-39-24-27)31-23-37(32-11-7-6-10-29(31)32)22-26-12-14-28(34)15-13-26/h3-16,19,23-24,30H,17-18,20-22H2,1-2H3. The Hall–Kier alpha value is -3.74. The van der Waals surface area contributed by atoms with Crippen molar-refractivity contribution in [3.8, 4) is 0 Å². The van der Waals surface area contributed by atoms with E-state index in [9.17, 15) is 9.18 Å². The highest BCUT2D eigenvalue weighted by Crippen LogP contribution is 2.36. The summed E-state index contributed by atoms with van der Waals surface area (Å²) in [6.07, 6.45) is 2.58. The SMILES string of the molecule is CN(C)CCN(Cc1ccccc1)C(=O)CC(c1ccsc1)c1cn(Cc2ccc(F)cc2)c2ccccc12. The Morgan fingerprint density at radius 3 is 2.36 bits per heavy atom. The van der Waals surface area contributed by atoms with Crippen LogP contribution >= 0.6 is 11.3 Å². The van der Waals surface area contributed by atoms with Crippen molar-refractivity contribution in [3.05, 3.63) is 130 Å². The Morgan fingerprint density at radius 1 is 0.897 bits per heavy atom. The summed E-state index contributed by atoms with van der Waals surface area (Å²) >= 11 is 1.66. The molecule has 0 fully saturated rings. The number of carbonyl (C=O) groups excluding carboxylic acids is 1. The lowest BCUT2D eigenvalue weighted by Crippen LogP contribution is -2.37. The largest absolute Gasteiger partial charge is 0.343 e. The van der Waals surface area contributed by atoms with Crippen LogP contribution in [0.3, 0.4) is 0 Å². The van der Waals surface area contributed by atoms with Gasteiger partial charge in [-0.3, -0.25) is 4.79 Å². The third-order valence-corrected chi connectivity index (χ3v) is 7.87. The summed E-state index contributed by atoms with van der Waals surface area (Å²) < 4.78 is 15.7. The molecule has 1 amide bonds. The molecule has 200 valence electrons. The lowest BCUT2D eigenvalue weighted by Gasteiger charge is -2.27. The summed E-state index contributed by atoms with van der Waals surface area (Å²) in [6.45, 7) is 2.70. The van der Waals surface area contributed by atoms with E-state index in [4.69, 9.17) is 0 Å². The van der Waals surface area contributed by atoms with Gasteiger partial charge in [-0.15, -0.1) is 0 Å². The Bertz CT molecular complexity index is 1490. The Kier molecular flexibility index (Phi) is 8.54. The van der Waals surface area contributed by atoms with Crippen LogP contribution < -0.4 is 0 Å². The molecule has 0 aliphatic carbocycles. The summed E-state index contributed by atoms with van der Waals surface area (Å²) in [5.41, 5.74) is 5.58. The molecule has 5 rings (SSSR count). The molecule has 0 radical (unpaired) electrons. The van der Waals surface area contributed by atoms with E-state index in [0.717, 1.165) is 39.7 Å². The molecule has 2 aromatic heterocycles. The van der Waals surface area contributed by atoms with Crippen molar-refractivity contribution in [3.63, 3.8) is 0 Å². The molecule has 3 aromatic carbocycles. The van der Waals surface area contributed by atoms with Crippen molar-refractivity contribution < 1.29 is 9.18 Å². The number of hydrogen-bond donors (Lipinski definition) is 0. The number of likely N-dealkylation sites (N-methyl/N-ethyl adjacent to an activating group) is 1. The van der Waals surface area contributed by atoms with Gasteiger partial charge in [-0.25, -0.2) is 4.39 Å². The van der Waals surface area contributed by atoms with Gasteiger partial charge in [0.05, 0.1) is 0 Å². The van der Waals surface area contributed by atoms with Gasteiger partial charge in [0.2, 0.25) is 5.91 Å². The fourth-order valence-electron chi connectivity index (χ4n) is 5.07. The molecule has 0 bridgehead atoms. The van der Waals surface area contributed by atoms with Crippen LogP contribution in [-0.2, 0) is 17.9 Å². The van der Waals surface area contributed by atoms with Crippen LogP contribution in [0.4, 0.5) is 4.39 Å². The summed E-state index contributed by atoms with van der Waals surface area (Å²) in [6, 6.07) is 27.4. The van der Waals surface area contributed by atoms with Gasteiger partial charge in [0.15, 0.2) is 0 Å². The minimum atomic E-state index is -0.234. The molecule has 2 heterocycles. The average molecular weight is 540 g/mol. The summed E-state index contributed by atoms with van der Waals surface area (Å²) in [7, 11) is 4.07. The number of fused-ring (bicyclic) bond motifs is 1. The number of hydrogen-bond acceptors (Lipinski definition) is 3. The highest BCUT2D eigenvalue weighted by Gasteiger charge is 2.26. The van der Waals surface area contributed by atoms with E-state index in [2.05, 4.69) is 62.8 Å². The second kappa shape index (κ2) is 12.4. The molecule has 6 heteroatoms. The second-order valence-electron chi connectivity index (χ2n) is 10.3. The molecular weight excluding hydrogens is 505 g/mol. The number of nitrogens with zero attached hydrogens (tertiary/aromatic N) is 3. The fraction of sp³-hybridized carbons (Fsp3) is 0.242. The molecule has 4 nitrogen and oxygen atoms in total. The van der Waals surface area contributed by atoms with Crippen LogP contribution in [0.2, 0.25) is 0 Å². The van der Waals surface area contributed by atoms with Crippen molar-refractivity contribution in [2.75, 3.05) is 27.2 Å². The Labute approximate surface area is 233 Å². The summed E-state index contributed by atoms with van der Waals surface area (Å²) in [5, 5.41) is 5.38. The molecule has 0 aliphatic heterocycles. The van der Waals surface area contributed by atoms with Crippen molar-refractivity contribution >= 4 is 28.1 Å². The van der Waals surface area contributed by atoms with Gasteiger partial charge in [-0.05, 0) is 71.4 Å². The molecule has 0 N–H and O–H groups in total. The number of benzene rings is 3. The fourth-order valence-corrected chi connectivity index (χ4v) is 5.79. The molecule has 5 aromatic rings. The average Bonchev–Trinajstić information content (AvgIpc) is 3.60. The van der Waals surface area contributed by atoms with Crippen molar-refractivity contribution in [2.24, 2.45) is 0 Å². The molecule has 39 heavy (non-hydrogen) atoms. The number of rotatable bonds is 11. The topological polar surface area (TPSA) is 28.5 Å². The molecule has 0 spiro atoms. The van der Waals surface area contributed by atoms with Crippen LogP contribution in [0.15, 0.2) is 102 Å². The lowest BCUT2D eigenvalue weighted by atomic mass is 9.89. The zero-order valence-electron chi connectivity index (χ0n) is 22.5. The first-order valence-corrected chi connectivity index (χ1v) is 14.2. The maximum atomic E-state index is 14.0. The number of para-hydroxylation sites is 1. The van der Waals surface area contributed by atoms with E-state index in [1.165, 1.54) is 12.1 Å². The smallest absolute Gasteiger partial charge is 0.223 e. The van der Waals surface area contributed by atoms with Crippen LogP contribution in [0.1, 0.15) is 34.6 Å². The summed E-state index contributed by atoms with van der Waals surface area (Å²) in [5.74, 6) is -0.157. The van der Waals surface area contributed by atoms with E-state index in [0.29, 0.717) is 26.1 Å². The van der Waals surface area contributed by atoms with Gasteiger partial charge in [0.1, 0.15) is 5.82 Å². The van der Waals surface area contributed by atoms with Crippen LogP contribution in [-0.4, -0.2) is 47.5 Å². The zero-order valence-corrected chi connectivity index (χ0v) is 23.3. The highest BCUT2D eigenvalue weighted by atomic mass is 32.1. The predicted molar refractivity (Wildman–Crippen MR) is 159 cm³/mol. The number of carbonyl (C=O) groups is 1. The first kappa shape index (κ1) is 26.9. The van der Waals surface area contributed by atoms with Gasteiger partial charge < -0.3 is 14.4 Å². The van der Waals surface area contributed by atoms with Gasteiger partial charge in [-0.2, -0.15) is 11.3 Å². The predicted octanol–water partition coefficient (Wildman–Crippen LogP) is 7.00. The van der Waals surface area contributed by atoms with Gasteiger partial charge in [-0.1, -0.05) is 60.7 Å². The normalized spacial score (nSPS) is 12.2. The van der Waals surface area contributed by atoms with Crippen molar-refractivity contribution in [1.29, 1.82) is 0 Å². The molecule has 0 saturated carbocycles. The molecule has 1 atom stereocenters. The number of thiophene rings is 1. The van der Waals surface area contributed by atoms with E-state index in [1.807, 2.05) is 55.4 Å². The van der Waals surface area contributed by atoms with E-state index in [-0.39, 0.29) is 17.6 Å². The van der Waals surface area contributed by atoms with E-state index < -0.39 is 0 Å². The summed E-state index contributed by atoms with van der Waals surface area (Å²) in [4.78, 5) is 18.1. The zero-order chi connectivity index (χ0) is 27.2. The lowest BCUT2D eigenvalue weighted by molar-refractivity contribution is -0.132. The number of amides is 1. The Balaban J connectivity index is 1.48. The number of halogens is 1. The van der Waals surface area contributed by atoms with Gasteiger partial charge in [0.25, 0.3) is 0 Å². The van der Waals surface area contributed by atoms with E-state index >= 15 is 0 Å². The van der Waals surface area contributed by atoms with Gasteiger partial charge >= 0.3 is 0 Å². The van der Waals surface area contributed by atoms with Gasteiger partial charge in [0, 0.05) is 55.6 Å². The molecule has 0 aliphatic rings. The Morgan fingerprint density at radius 2 is 1.64 bits per heavy atom. The molecule has 1 unspecified atom stereocenters. The second-order valence-corrected chi connectivity index (χ2v) is 11.1. The third-order valence-electron chi connectivity index (χ3n) is 7.17. The number of aromatic nitrogens is 1. The van der Waals surface area contributed by atoms with Crippen molar-refractivity contribution in [1.82, 2.24) is 14.4 Å².